The molecular weight excluding hydrogens is 518 g/mol. The maximum atomic E-state index is 13.5. The Labute approximate surface area is 220 Å². The Morgan fingerprint density at radius 3 is 2.32 bits per heavy atom. The second kappa shape index (κ2) is 12.4. The molecule has 11 heteroatoms. The summed E-state index contributed by atoms with van der Waals surface area (Å²) < 4.78 is 37.8. The van der Waals surface area contributed by atoms with E-state index in [1.165, 1.54) is 25.5 Å². The standard InChI is InChI=1S/C26H26ClN3O6S/c1-18-4-11-23(12-5-18)37(33,34)30(24-13-8-21(27)14-19(24)2)16-25(31)29-28-15-20-6-9-22(10-7-20)36-17-26(32)35-3/h4-15H,16-17H2,1-3H3,(H,29,31)/b28-15-. The van der Waals surface area contributed by atoms with Crippen LogP contribution < -0.4 is 14.5 Å². The van der Waals surface area contributed by atoms with E-state index < -0.39 is 28.4 Å². The van der Waals surface area contributed by atoms with E-state index in [0.29, 0.717) is 27.6 Å². The molecule has 0 unspecified atom stereocenters. The fraction of sp³-hybridized carbons (Fsp3) is 0.192. The number of anilines is 1. The van der Waals surface area contributed by atoms with Gasteiger partial charge in [0.15, 0.2) is 6.61 Å². The van der Waals surface area contributed by atoms with Gasteiger partial charge in [-0.05, 0) is 79.6 Å². The summed E-state index contributed by atoms with van der Waals surface area (Å²) in [6.07, 6.45) is 1.40. The van der Waals surface area contributed by atoms with Gasteiger partial charge in [-0.2, -0.15) is 5.10 Å². The molecule has 0 fully saturated rings. The van der Waals surface area contributed by atoms with Crippen LogP contribution in [0, 0.1) is 13.8 Å². The molecule has 0 aliphatic carbocycles. The Bertz CT molecular complexity index is 1390. The minimum atomic E-state index is -4.07. The number of halogens is 1. The molecule has 0 spiro atoms. The SMILES string of the molecule is COC(=O)COc1ccc(/C=N\NC(=O)CN(c2ccc(Cl)cc2C)S(=O)(=O)c2ccc(C)cc2)cc1. The van der Waals surface area contributed by atoms with Gasteiger partial charge in [-0.15, -0.1) is 0 Å². The van der Waals surface area contributed by atoms with E-state index >= 15 is 0 Å². The number of hydrogen-bond donors (Lipinski definition) is 1. The Morgan fingerprint density at radius 2 is 1.70 bits per heavy atom. The number of nitrogens with zero attached hydrogens (tertiary/aromatic N) is 2. The van der Waals surface area contributed by atoms with Gasteiger partial charge in [-0.3, -0.25) is 9.10 Å². The maximum absolute atomic E-state index is 13.5. The van der Waals surface area contributed by atoms with Crippen LogP contribution in [0.15, 0.2) is 76.7 Å². The van der Waals surface area contributed by atoms with Crippen molar-refractivity contribution in [2.45, 2.75) is 18.7 Å². The predicted octanol–water partition coefficient (Wildman–Crippen LogP) is 3.85. The van der Waals surface area contributed by atoms with Crippen LogP contribution in [0.1, 0.15) is 16.7 Å². The van der Waals surface area contributed by atoms with Crippen LogP contribution in [0.3, 0.4) is 0 Å². The summed E-state index contributed by atoms with van der Waals surface area (Å²) in [6, 6.07) is 17.7. The minimum absolute atomic E-state index is 0.0539. The first-order valence-electron chi connectivity index (χ1n) is 11.1. The van der Waals surface area contributed by atoms with Crippen molar-refractivity contribution in [3.63, 3.8) is 0 Å². The molecule has 1 amide bonds. The molecule has 3 aromatic rings. The maximum Gasteiger partial charge on any atom is 0.343 e. The first-order chi connectivity index (χ1) is 17.6. The summed E-state index contributed by atoms with van der Waals surface area (Å²) in [5.74, 6) is -0.679. The molecule has 37 heavy (non-hydrogen) atoms. The number of amides is 1. The van der Waals surface area contributed by atoms with Gasteiger partial charge in [0.05, 0.1) is 23.9 Å². The molecule has 0 saturated heterocycles. The lowest BCUT2D eigenvalue weighted by Gasteiger charge is -2.25. The number of hydrazone groups is 1. The lowest BCUT2D eigenvalue weighted by molar-refractivity contribution is -0.142. The average molecular weight is 544 g/mol. The number of aryl methyl sites for hydroxylation is 2. The van der Waals surface area contributed by atoms with Gasteiger partial charge in [0.2, 0.25) is 0 Å². The number of carbonyl (C=O) groups excluding carboxylic acids is 2. The van der Waals surface area contributed by atoms with Crippen LogP contribution in [0.5, 0.6) is 5.75 Å². The van der Waals surface area contributed by atoms with Crippen molar-refractivity contribution < 1.29 is 27.5 Å². The zero-order chi connectivity index (χ0) is 27.0. The third-order valence-corrected chi connectivity index (χ3v) is 7.20. The molecule has 0 heterocycles. The van der Waals surface area contributed by atoms with E-state index in [9.17, 15) is 18.0 Å². The van der Waals surface area contributed by atoms with E-state index in [1.54, 1.807) is 61.5 Å². The Morgan fingerprint density at radius 1 is 1.03 bits per heavy atom. The molecule has 194 valence electrons. The summed E-state index contributed by atoms with van der Waals surface area (Å²) in [7, 11) is -2.80. The first kappa shape index (κ1) is 27.7. The van der Waals surface area contributed by atoms with Gasteiger partial charge in [-0.1, -0.05) is 29.3 Å². The monoisotopic (exact) mass is 543 g/mol. The molecule has 0 saturated carbocycles. The second-order valence-electron chi connectivity index (χ2n) is 7.98. The number of benzene rings is 3. The van der Waals surface area contributed by atoms with Crippen molar-refractivity contribution in [1.29, 1.82) is 0 Å². The van der Waals surface area contributed by atoms with E-state index in [4.69, 9.17) is 16.3 Å². The fourth-order valence-corrected chi connectivity index (χ4v) is 4.94. The van der Waals surface area contributed by atoms with Crippen molar-refractivity contribution in [3.8, 4) is 5.75 Å². The molecule has 3 rings (SSSR count). The number of carbonyl (C=O) groups is 2. The van der Waals surface area contributed by atoms with Gasteiger partial charge in [0.25, 0.3) is 15.9 Å². The number of ether oxygens (including phenoxy) is 2. The number of hydrogen-bond acceptors (Lipinski definition) is 7. The summed E-state index contributed by atoms with van der Waals surface area (Å²) >= 11 is 6.06. The molecule has 0 aromatic heterocycles. The molecule has 3 aromatic carbocycles. The molecule has 0 atom stereocenters. The van der Waals surface area contributed by atoms with Gasteiger partial charge in [0, 0.05) is 5.02 Å². The highest BCUT2D eigenvalue weighted by molar-refractivity contribution is 7.92. The van der Waals surface area contributed by atoms with Gasteiger partial charge in [0.1, 0.15) is 12.3 Å². The highest BCUT2D eigenvalue weighted by Crippen LogP contribution is 2.29. The van der Waals surface area contributed by atoms with Gasteiger partial charge >= 0.3 is 5.97 Å². The topological polar surface area (TPSA) is 114 Å². The number of methoxy groups -OCH3 is 1. The van der Waals surface area contributed by atoms with Crippen LogP contribution in [0.2, 0.25) is 5.02 Å². The zero-order valence-electron chi connectivity index (χ0n) is 20.5. The Hall–Kier alpha value is -3.89. The van der Waals surface area contributed by atoms with Crippen molar-refractivity contribution in [3.05, 3.63) is 88.4 Å². The van der Waals surface area contributed by atoms with Crippen LogP contribution >= 0.6 is 11.6 Å². The Balaban J connectivity index is 1.74. The van der Waals surface area contributed by atoms with Crippen LogP contribution in [-0.4, -0.2) is 46.8 Å². The smallest absolute Gasteiger partial charge is 0.343 e. The molecule has 0 radical (unpaired) electrons. The lowest BCUT2D eigenvalue weighted by atomic mass is 10.2. The van der Waals surface area contributed by atoms with E-state index in [-0.39, 0.29) is 11.5 Å². The van der Waals surface area contributed by atoms with Crippen molar-refractivity contribution >= 4 is 45.4 Å². The average Bonchev–Trinajstić information content (AvgIpc) is 2.87. The third kappa shape index (κ3) is 7.55. The van der Waals surface area contributed by atoms with Crippen molar-refractivity contribution in [2.24, 2.45) is 5.10 Å². The normalized spacial score (nSPS) is 11.2. The largest absolute Gasteiger partial charge is 0.482 e. The van der Waals surface area contributed by atoms with Gasteiger partial charge in [-0.25, -0.2) is 18.6 Å². The predicted molar refractivity (Wildman–Crippen MR) is 142 cm³/mol. The summed E-state index contributed by atoms with van der Waals surface area (Å²) in [6.45, 7) is 2.85. The molecule has 9 nitrogen and oxygen atoms in total. The van der Waals surface area contributed by atoms with E-state index in [0.717, 1.165) is 9.87 Å². The van der Waals surface area contributed by atoms with Crippen molar-refractivity contribution in [2.75, 3.05) is 24.6 Å². The third-order valence-electron chi connectivity index (χ3n) is 5.19. The van der Waals surface area contributed by atoms with E-state index in [2.05, 4.69) is 15.3 Å². The van der Waals surface area contributed by atoms with Crippen molar-refractivity contribution in [1.82, 2.24) is 5.43 Å². The lowest BCUT2D eigenvalue weighted by Crippen LogP contribution is -2.40. The number of nitrogens with one attached hydrogen (secondary N) is 1. The Kier molecular flexibility index (Phi) is 9.26. The molecule has 0 bridgehead atoms. The zero-order valence-corrected chi connectivity index (χ0v) is 22.0. The van der Waals surface area contributed by atoms with Crippen LogP contribution in [0.25, 0.3) is 0 Å². The number of esters is 1. The number of rotatable bonds is 10. The second-order valence-corrected chi connectivity index (χ2v) is 10.3. The fourth-order valence-electron chi connectivity index (χ4n) is 3.23. The van der Waals surface area contributed by atoms with Crippen LogP contribution in [0.4, 0.5) is 5.69 Å². The van der Waals surface area contributed by atoms with Crippen LogP contribution in [-0.2, 0) is 24.3 Å². The summed E-state index contributed by atoms with van der Waals surface area (Å²) in [4.78, 5) is 24.0. The van der Waals surface area contributed by atoms with E-state index in [1.807, 2.05) is 6.92 Å². The number of sulfonamides is 1. The summed E-state index contributed by atoms with van der Waals surface area (Å²) in [5.41, 5.74) is 4.83. The minimum Gasteiger partial charge on any atom is -0.482 e. The van der Waals surface area contributed by atoms with Gasteiger partial charge < -0.3 is 9.47 Å². The highest BCUT2D eigenvalue weighted by Gasteiger charge is 2.28. The molecule has 0 aliphatic heterocycles. The molecule has 1 N–H and O–H groups in total. The quantitative estimate of drug-likeness (QED) is 0.236. The summed E-state index contributed by atoms with van der Waals surface area (Å²) in [5, 5.41) is 4.38. The molecular formula is C26H26ClN3O6S. The molecule has 0 aliphatic rings. The first-order valence-corrected chi connectivity index (χ1v) is 12.9. The highest BCUT2D eigenvalue weighted by atomic mass is 35.5.